The Morgan fingerprint density at radius 2 is 0.711 bits per heavy atom. The predicted octanol–water partition coefficient (Wildman–Crippen LogP) is 5.61. The zero-order chi connectivity index (χ0) is 26.5. The molecule has 4 aromatic carbocycles. The fraction of sp³-hybridized carbons (Fsp3) is 0.294. The van der Waals surface area contributed by atoms with Crippen LogP contribution in [0.4, 0.5) is 0 Å². The van der Waals surface area contributed by atoms with Crippen LogP contribution < -0.4 is 11.5 Å². The Morgan fingerprint density at radius 3 is 0.895 bits per heavy atom. The van der Waals surface area contributed by atoms with Gasteiger partial charge >= 0.3 is 0 Å². The van der Waals surface area contributed by atoms with E-state index < -0.39 is 0 Å². The zero-order valence-corrected chi connectivity index (χ0v) is 22.5. The molecule has 196 valence electrons. The van der Waals surface area contributed by atoms with Crippen molar-refractivity contribution in [1.29, 1.82) is 0 Å². The summed E-state index contributed by atoms with van der Waals surface area (Å²) >= 11 is 0. The molecule has 2 aliphatic rings. The van der Waals surface area contributed by atoms with Crippen LogP contribution in [0.2, 0.25) is 0 Å². The lowest BCUT2D eigenvalue weighted by atomic mass is 9.89. The number of rotatable bonds is 6. The molecule has 0 aliphatic carbocycles. The second kappa shape index (κ2) is 12.1. The fourth-order valence-electron chi connectivity index (χ4n) is 5.71. The molecule has 4 N–H and O–H groups in total. The number of nitrogens with two attached hydrogens (primary N) is 2. The highest BCUT2D eigenvalue weighted by atomic mass is 15.3. The first-order valence-corrected chi connectivity index (χ1v) is 13.8. The highest BCUT2D eigenvalue weighted by molar-refractivity contribution is 5.34. The molecule has 2 saturated heterocycles. The minimum atomic E-state index is 0.301. The van der Waals surface area contributed by atoms with E-state index in [1.165, 1.54) is 22.3 Å². The van der Waals surface area contributed by atoms with Crippen LogP contribution in [-0.2, 0) is 0 Å². The largest absolute Gasteiger partial charge is 0.325 e. The molecule has 38 heavy (non-hydrogen) atoms. The Morgan fingerprint density at radius 1 is 0.474 bits per heavy atom. The summed E-state index contributed by atoms with van der Waals surface area (Å²) in [7, 11) is 0. The highest BCUT2D eigenvalue weighted by Crippen LogP contribution is 2.36. The van der Waals surface area contributed by atoms with Crippen LogP contribution in [0.5, 0.6) is 0 Å². The molecule has 6 rings (SSSR count). The van der Waals surface area contributed by atoms with E-state index in [-0.39, 0.29) is 0 Å². The van der Waals surface area contributed by atoms with E-state index >= 15 is 0 Å². The van der Waals surface area contributed by atoms with Gasteiger partial charge in [0.25, 0.3) is 0 Å². The molecule has 0 spiro atoms. The number of hydrogen-bond donors (Lipinski definition) is 2. The first-order valence-electron chi connectivity index (χ1n) is 13.8. The van der Waals surface area contributed by atoms with Gasteiger partial charge in [0.1, 0.15) is 0 Å². The third-order valence-corrected chi connectivity index (χ3v) is 8.25. The number of nitrogens with zero attached hydrogens (tertiary/aromatic N) is 2. The van der Waals surface area contributed by atoms with Crippen LogP contribution in [0, 0.1) is 0 Å². The van der Waals surface area contributed by atoms with E-state index in [1.54, 1.807) is 0 Å². The fourth-order valence-corrected chi connectivity index (χ4v) is 5.71. The van der Waals surface area contributed by atoms with Gasteiger partial charge in [-0.15, -0.1) is 0 Å². The van der Waals surface area contributed by atoms with Gasteiger partial charge in [-0.25, -0.2) is 0 Å². The van der Waals surface area contributed by atoms with Gasteiger partial charge in [0.2, 0.25) is 0 Å². The lowest BCUT2D eigenvalue weighted by Gasteiger charge is -2.49. The lowest BCUT2D eigenvalue weighted by Crippen LogP contribution is -2.63. The highest BCUT2D eigenvalue weighted by Gasteiger charge is 2.39. The van der Waals surface area contributed by atoms with Gasteiger partial charge < -0.3 is 11.5 Å². The number of benzene rings is 4. The van der Waals surface area contributed by atoms with E-state index in [1.807, 2.05) is 0 Å². The third-order valence-electron chi connectivity index (χ3n) is 8.25. The maximum atomic E-state index is 6.06. The maximum absolute atomic E-state index is 6.06. The zero-order valence-electron chi connectivity index (χ0n) is 22.5. The first kappa shape index (κ1) is 26.3. The van der Waals surface area contributed by atoms with Crippen molar-refractivity contribution in [2.24, 2.45) is 11.5 Å². The Labute approximate surface area is 227 Å². The Hall–Kier alpha value is -3.28. The first-order chi connectivity index (χ1) is 18.5. The molecule has 0 saturated carbocycles. The Balaban J connectivity index is 0.000000155. The summed E-state index contributed by atoms with van der Waals surface area (Å²) < 4.78 is 0. The second-order valence-electron chi connectivity index (χ2n) is 10.7. The predicted molar refractivity (Wildman–Crippen MR) is 158 cm³/mol. The van der Waals surface area contributed by atoms with Gasteiger partial charge in [0.05, 0.1) is 12.1 Å². The Kier molecular flexibility index (Phi) is 8.35. The molecule has 2 fully saturated rings. The average Bonchev–Trinajstić information content (AvgIpc) is 2.99. The molecule has 0 amide bonds. The molecule has 0 unspecified atom stereocenters. The summed E-state index contributed by atoms with van der Waals surface area (Å²) in [5.74, 6) is 0. The molecule has 0 radical (unpaired) electrons. The summed E-state index contributed by atoms with van der Waals surface area (Å²) in [6.45, 7) is 6.37. The van der Waals surface area contributed by atoms with Crippen molar-refractivity contribution >= 4 is 0 Å². The monoisotopic (exact) mass is 504 g/mol. The quantitative estimate of drug-likeness (QED) is 0.358. The van der Waals surface area contributed by atoms with Gasteiger partial charge in [-0.05, 0) is 36.1 Å². The minimum Gasteiger partial charge on any atom is -0.325 e. The van der Waals surface area contributed by atoms with Gasteiger partial charge in [-0.1, -0.05) is 121 Å². The number of hydrogen-bond acceptors (Lipinski definition) is 4. The molecule has 2 heterocycles. The topological polar surface area (TPSA) is 58.5 Å². The SMILES string of the molecule is C[C@@H]1[C@H](N)CN1C(c1ccccc1)c1ccccc1.C[C@H]1[C@@H](N)CN1C(c1ccccc1)c1ccccc1. The molecule has 0 aromatic heterocycles. The van der Waals surface area contributed by atoms with Crippen LogP contribution in [0.25, 0.3) is 0 Å². The average molecular weight is 505 g/mol. The molecule has 4 nitrogen and oxygen atoms in total. The summed E-state index contributed by atoms with van der Waals surface area (Å²) in [6, 6.07) is 44.8. The van der Waals surface area contributed by atoms with Crippen molar-refractivity contribution in [1.82, 2.24) is 9.80 Å². The molecule has 0 bridgehead atoms. The third kappa shape index (κ3) is 5.59. The molecule has 4 atom stereocenters. The molecular weight excluding hydrogens is 464 g/mol. The van der Waals surface area contributed by atoms with E-state index in [4.69, 9.17) is 11.5 Å². The molecule has 2 aliphatic heterocycles. The van der Waals surface area contributed by atoms with E-state index in [9.17, 15) is 0 Å². The summed E-state index contributed by atoms with van der Waals surface area (Å²) in [5, 5.41) is 0. The van der Waals surface area contributed by atoms with Crippen LogP contribution in [0.15, 0.2) is 121 Å². The lowest BCUT2D eigenvalue weighted by molar-refractivity contribution is 0.0447. The molecule has 4 heteroatoms. The van der Waals surface area contributed by atoms with Crippen molar-refractivity contribution in [2.75, 3.05) is 13.1 Å². The van der Waals surface area contributed by atoms with Crippen LogP contribution in [-0.4, -0.2) is 47.1 Å². The van der Waals surface area contributed by atoms with Crippen LogP contribution in [0.1, 0.15) is 48.2 Å². The van der Waals surface area contributed by atoms with Crippen molar-refractivity contribution in [2.45, 2.75) is 50.1 Å². The van der Waals surface area contributed by atoms with E-state index in [0.29, 0.717) is 36.3 Å². The van der Waals surface area contributed by atoms with Crippen molar-refractivity contribution in [3.8, 4) is 0 Å². The summed E-state index contributed by atoms with van der Waals surface area (Å²) in [6.07, 6.45) is 0. The minimum absolute atomic E-state index is 0.301. The van der Waals surface area contributed by atoms with Crippen molar-refractivity contribution in [3.05, 3.63) is 144 Å². The van der Waals surface area contributed by atoms with Crippen LogP contribution >= 0.6 is 0 Å². The van der Waals surface area contributed by atoms with Crippen molar-refractivity contribution in [3.63, 3.8) is 0 Å². The van der Waals surface area contributed by atoms with E-state index in [2.05, 4.69) is 145 Å². The molecular formula is C34H40N4. The van der Waals surface area contributed by atoms with Crippen LogP contribution in [0.3, 0.4) is 0 Å². The van der Waals surface area contributed by atoms with Gasteiger partial charge in [0, 0.05) is 37.3 Å². The standard InChI is InChI=1S/2C17H20N2/c2*1-13-16(18)12-19(13)17(14-8-4-2-5-9-14)15-10-6-3-7-11-15/h2*2-11,13,16-17H,12,18H2,1H3/t2*13-,16-/m10/s1. The smallest absolute Gasteiger partial charge is 0.0605 e. The Bertz CT molecular complexity index is 1070. The summed E-state index contributed by atoms with van der Waals surface area (Å²) in [4.78, 5) is 4.96. The summed E-state index contributed by atoms with van der Waals surface area (Å²) in [5.41, 5.74) is 17.5. The second-order valence-corrected chi connectivity index (χ2v) is 10.7. The van der Waals surface area contributed by atoms with Gasteiger partial charge in [0.15, 0.2) is 0 Å². The maximum Gasteiger partial charge on any atom is 0.0605 e. The van der Waals surface area contributed by atoms with Gasteiger partial charge in [-0.2, -0.15) is 0 Å². The van der Waals surface area contributed by atoms with Gasteiger partial charge in [-0.3, -0.25) is 9.80 Å². The van der Waals surface area contributed by atoms with Crippen molar-refractivity contribution < 1.29 is 0 Å². The number of likely N-dealkylation sites (tertiary alicyclic amines) is 2. The normalized spacial score (nSPS) is 23.3. The molecule has 4 aromatic rings. The van der Waals surface area contributed by atoms with E-state index in [0.717, 1.165) is 13.1 Å².